The molecule has 3 aliphatic heterocycles. The van der Waals surface area contributed by atoms with Gasteiger partial charge in [-0.05, 0) is 71.8 Å². The van der Waals surface area contributed by atoms with Gasteiger partial charge in [0.05, 0.1) is 5.69 Å². The number of hydrogen-bond donors (Lipinski definition) is 4. The quantitative estimate of drug-likeness (QED) is 0.112. The van der Waals surface area contributed by atoms with E-state index in [-0.39, 0.29) is 79.1 Å². The van der Waals surface area contributed by atoms with Crippen LogP contribution in [-0.4, -0.2) is 125 Å². The molecule has 5 amide bonds. The number of hydrogen-bond acceptors (Lipinski definition) is 16. The largest absolute Gasteiger partial charge is 0.477 e. The summed E-state index contributed by atoms with van der Waals surface area (Å²) in [6, 6.07) is 25.0. The number of carboxylic acid groups (broad SMARTS) is 1. The second-order valence-electron chi connectivity index (χ2n) is 14.6. The van der Waals surface area contributed by atoms with Gasteiger partial charge in [-0.1, -0.05) is 94.0 Å². The molecule has 22 nitrogen and oxygen atoms in total. The van der Waals surface area contributed by atoms with Gasteiger partial charge < -0.3 is 21.5 Å². The summed E-state index contributed by atoms with van der Waals surface area (Å²) in [4.78, 5) is 67.7. The van der Waals surface area contributed by atoms with E-state index >= 15 is 0 Å². The van der Waals surface area contributed by atoms with Gasteiger partial charge in [-0.3, -0.25) is 24.0 Å². The van der Waals surface area contributed by atoms with Crippen molar-refractivity contribution in [2.45, 2.75) is 57.7 Å². The van der Waals surface area contributed by atoms with Crippen LogP contribution in [0.25, 0.3) is 0 Å². The van der Waals surface area contributed by atoms with Crippen LogP contribution in [-0.2, 0) is 40.5 Å². The lowest BCUT2D eigenvalue weighted by Crippen LogP contribution is -2.34. The van der Waals surface area contributed by atoms with Crippen LogP contribution in [0.1, 0.15) is 62.8 Å². The van der Waals surface area contributed by atoms with Crippen molar-refractivity contribution in [2.75, 3.05) is 37.5 Å². The molecular formula is C45H48BrCl4N15O7. The highest BCUT2D eigenvalue weighted by Crippen LogP contribution is 2.16. The smallest absolute Gasteiger partial charge is 0.352 e. The minimum absolute atomic E-state index is 0. The number of carbonyl (C=O) groups is 6. The number of nitrogens with two attached hydrogens (primary N) is 1. The third-order valence-electron chi connectivity index (χ3n) is 9.20. The Kier molecular flexibility index (Phi) is 24.7. The van der Waals surface area contributed by atoms with Gasteiger partial charge in [0.25, 0.3) is 11.8 Å². The number of rotatable bonds is 8. The molecule has 0 bridgehead atoms. The number of alkyl halides is 1. The van der Waals surface area contributed by atoms with E-state index in [2.05, 4.69) is 72.5 Å². The van der Waals surface area contributed by atoms with Gasteiger partial charge in [-0.2, -0.15) is 20.4 Å². The highest BCUT2D eigenvalue weighted by Gasteiger charge is 2.24. The Hall–Kier alpha value is -7.05. The van der Waals surface area contributed by atoms with E-state index in [0.717, 1.165) is 31.6 Å². The second-order valence-corrected chi connectivity index (χ2v) is 16.8. The number of hydrazone groups is 3. The predicted octanol–water partition coefficient (Wildman–Crippen LogP) is 7.21. The number of nitrogens with one attached hydrogen (secondary N) is 2. The Morgan fingerprint density at radius 3 is 1.39 bits per heavy atom. The van der Waals surface area contributed by atoms with Crippen LogP contribution in [0.2, 0.25) is 20.4 Å². The Labute approximate surface area is 442 Å². The van der Waals surface area contributed by atoms with Crippen LogP contribution in [0, 0.1) is 0 Å². The van der Waals surface area contributed by atoms with Gasteiger partial charge >= 0.3 is 5.97 Å². The number of anilines is 3. The van der Waals surface area contributed by atoms with Crippen molar-refractivity contribution >= 4 is 132 Å². The van der Waals surface area contributed by atoms with Crippen molar-refractivity contribution in [1.29, 1.82) is 0 Å². The fourth-order valence-electron chi connectivity index (χ4n) is 5.57. The Balaban J connectivity index is 0.000000254. The SMILES string of the molecule is C.CN1N=C(C(=O)Nc2ccc(Cc3cccc(Cl)c3)nn2)CCC1=O.CN1N=C(C(=O)Nc2ccc(Cl)nn2)CCC1=O.CN1N=C(C(=O)O)CCC1=O.Clc1cccc(CBr)c1.Nc1ccc(Cl)nn1. The summed E-state index contributed by atoms with van der Waals surface area (Å²) in [7, 11) is 4.49. The highest BCUT2D eigenvalue weighted by molar-refractivity contribution is 9.08. The molecule has 8 rings (SSSR count). The minimum atomic E-state index is -1.05. The number of aromatic nitrogens is 6. The zero-order valence-electron chi connectivity index (χ0n) is 38.0. The Morgan fingerprint density at radius 2 is 1.01 bits per heavy atom. The van der Waals surface area contributed by atoms with Crippen molar-refractivity contribution < 1.29 is 33.9 Å². The summed E-state index contributed by atoms with van der Waals surface area (Å²) in [5, 5.41) is 53.8. The normalized spacial score (nSPS) is 13.8. The molecule has 3 aromatic heterocycles. The molecular weight excluding hydrogens is 1080 g/mol. The van der Waals surface area contributed by atoms with Crippen LogP contribution < -0.4 is 16.4 Å². The van der Waals surface area contributed by atoms with Gasteiger partial charge in [-0.25, -0.2) is 19.8 Å². The molecule has 0 unspecified atom stereocenters. The molecule has 5 N–H and O–H groups in total. The van der Waals surface area contributed by atoms with Crippen LogP contribution in [0.3, 0.4) is 0 Å². The maximum absolute atomic E-state index is 12.2. The standard InChI is InChI=1S/C17H16ClN5O2.C10H10ClN5O2.C7H6BrCl.C6H8N2O3.C4H4ClN3.CH4/c1-23-16(24)8-6-14(22-23)17(25)19-15-7-5-13(20-21-15)10-11-3-2-4-12(18)9-11;1-16-9(17)5-2-6(15-16)10(18)12-8-4-3-7(11)13-14-8;8-5-6-2-1-3-7(9)4-6;1-8-5(9)3-2-4(7-8)6(10)11;5-3-1-2-4(6)8-7-3;/h2-5,7,9H,6,8,10H2,1H3,(H,19,21,25);3-4H,2,5H2,1H3,(H,12,14,18);1-4H,5H2;2-3H2,1H3,(H,10,11);1-2H,(H2,6,8);1H4. The van der Waals surface area contributed by atoms with Gasteiger partial charge in [0.1, 0.15) is 23.0 Å². The fourth-order valence-corrected chi connectivity index (χ4v) is 6.55. The fraction of sp³-hybridized carbons (Fsp3) is 0.267. The topological polar surface area (TPSA) is 297 Å². The van der Waals surface area contributed by atoms with Gasteiger partial charge in [0.2, 0.25) is 17.7 Å². The zero-order valence-corrected chi connectivity index (χ0v) is 42.6. The summed E-state index contributed by atoms with van der Waals surface area (Å²) >= 11 is 26.0. The Morgan fingerprint density at radius 1 is 0.583 bits per heavy atom. The number of amides is 5. The zero-order chi connectivity index (χ0) is 52.0. The first-order valence-corrected chi connectivity index (χ1v) is 23.4. The molecule has 0 spiro atoms. The molecule has 27 heteroatoms. The lowest BCUT2D eigenvalue weighted by molar-refractivity contribution is -0.132. The van der Waals surface area contributed by atoms with E-state index in [0.29, 0.717) is 46.8 Å². The number of nitrogens with zero attached hydrogens (tertiary/aromatic N) is 12. The number of halogens is 5. The minimum Gasteiger partial charge on any atom is -0.477 e. The number of carbonyl (C=O) groups excluding carboxylic acids is 5. The van der Waals surface area contributed by atoms with E-state index in [4.69, 9.17) is 57.2 Å². The van der Waals surface area contributed by atoms with Gasteiger partial charge in [0.15, 0.2) is 21.9 Å². The molecule has 6 heterocycles. The molecule has 0 saturated heterocycles. The lowest BCUT2D eigenvalue weighted by Gasteiger charge is -2.18. The molecule has 0 saturated carbocycles. The highest BCUT2D eigenvalue weighted by atomic mass is 79.9. The molecule has 2 aromatic carbocycles. The first-order chi connectivity index (χ1) is 33.8. The molecule has 0 atom stereocenters. The Bertz CT molecular complexity index is 2750. The maximum atomic E-state index is 12.2. The number of nitrogen functional groups attached to an aromatic ring is 1. The summed E-state index contributed by atoms with van der Waals surface area (Å²) in [5.74, 6) is -1.19. The van der Waals surface area contributed by atoms with Crippen molar-refractivity contribution in [1.82, 2.24) is 45.6 Å². The molecule has 3 aliphatic rings. The van der Waals surface area contributed by atoms with Crippen LogP contribution in [0.15, 0.2) is 100 Å². The average molecular weight is 1130 g/mol. The maximum Gasteiger partial charge on any atom is 0.352 e. The second kappa shape index (κ2) is 30.0. The number of carboxylic acids is 1. The summed E-state index contributed by atoms with van der Waals surface area (Å²) in [5.41, 5.74) is 8.83. The third kappa shape index (κ3) is 20.7. The van der Waals surface area contributed by atoms with E-state index < -0.39 is 11.9 Å². The van der Waals surface area contributed by atoms with Crippen LogP contribution in [0.4, 0.5) is 17.5 Å². The van der Waals surface area contributed by atoms with E-state index in [1.54, 1.807) is 24.3 Å². The first-order valence-electron chi connectivity index (χ1n) is 20.8. The monoisotopic (exact) mass is 1130 g/mol. The van der Waals surface area contributed by atoms with Crippen molar-refractivity contribution in [3.05, 3.63) is 122 Å². The molecule has 380 valence electrons. The van der Waals surface area contributed by atoms with E-state index in [1.165, 1.54) is 43.8 Å². The number of benzene rings is 2. The summed E-state index contributed by atoms with van der Waals surface area (Å²) in [6.07, 6.45) is 2.24. The van der Waals surface area contributed by atoms with Crippen LogP contribution >= 0.6 is 62.3 Å². The van der Waals surface area contributed by atoms with Crippen LogP contribution in [0.5, 0.6) is 0 Å². The molecule has 0 aliphatic carbocycles. The van der Waals surface area contributed by atoms with Gasteiger partial charge in [-0.15, -0.1) is 25.5 Å². The van der Waals surface area contributed by atoms with Crippen molar-refractivity contribution in [2.24, 2.45) is 15.3 Å². The summed E-state index contributed by atoms with van der Waals surface area (Å²) < 4.78 is 0. The molecule has 0 fully saturated rings. The van der Waals surface area contributed by atoms with Gasteiger partial charge in [0, 0.05) is 81.5 Å². The average Bonchev–Trinajstić information content (AvgIpc) is 3.34. The number of aliphatic carboxylic acids is 1. The van der Waals surface area contributed by atoms with E-state index in [1.807, 2.05) is 48.5 Å². The van der Waals surface area contributed by atoms with Crippen molar-refractivity contribution in [3.63, 3.8) is 0 Å². The lowest BCUT2D eigenvalue weighted by atomic mass is 10.1. The van der Waals surface area contributed by atoms with E-state index in [9.17, 15) is 28.8 Å². The summed E-state index contributed by atoms with van der Waals surface area (Å²) in [6.45, 7) is 0. The third-order valence-corrected chi connectivity index (χ3v) is 10.7. The predicted molar refractivity (Wildman–Crippen MR) is 279 cm³/mol. The van der Waals surface area contributed by atoms with Crippen molar-refractivity contribution in [3.8, 4) is 0 Å². The molecule has 5 aromatic rings. The molecule has 72 heavy (non-hydrogen) atoms. The first kappa shape index (κ1) is 59.3. The molecule has 0 radical (unpaired) electrons.